The van der Waals surface area contributed by atoms with Crippen LogP contribution >= 0.6 is 0 Å². The Hall–Kier alpha value is -1.49. The van der Waals surface area contributed by atoms with Gasteiger partial charge >= 0.3 is 0 Å². The second-order valence-electron chi connectivity index (χ2n) is 4.06. The average molecular weight is 240 g/mol. The molecular formula is C12H14F2N2O. The molecule has 0 bridgehead atoms. The lowest BCUT2D eigenvalue weighted by atomic mass is 10.1. The molecule has 1 saturated heterocycles. The molecule has 1 N–H and O–H groups in total. The third-order valence-corrected chi connectivity index (χ3v) is 2.81. The number of hydrogen-bond acceptors (Lipinski definition) is 2. The summed E-state index contributed by atoms with van der Waals surface area (Å²) >= 11 is 0. The maximum atomic E-state index is 13.0. The highest BCUT2D eigenvalue weighted by Gasteiger charge is 2.16. The van der Waals surface area contributed by atoms with E-state index in [1.54, 1.807) is 4.90 Å². The van der Waals surface area contributed by atoms with Crippen LogP contribution < -0.4 is 5.32 Å². The van der Waals surface area contributed by atoms with Gasteiger partial charge in [0.1, 0.15) is 0 Å². The summed E-state index contributed by atoms with van der Waals surface area (Å²) in [6.45, 7) is 2.90. The highest BCUT2D eigenvalue weighted by Crippen LogP contribution is 2.10. The molecule has 0 aliphatic carbocycles. The number of piperazine rings is 1. The maximum Gasteiger partial charge on any atom is 0.227 e. The van der Waals surface area contributed by atoms with Gasteiger partial charge in [-0.05, 0) is 17.7 Å². The highest BCUT2D eigenvalue weighted by molar-refractivity contribution is 5.78. The van der Waals surface area contributed by atoms with Crippen molar-refractivity contribution in [2.75, 3.05) is 26.2 Å². The minimum atomic E-state index is -0.907. The largest absolute Gasteiger partial charge is 0.340 e. The summed E-state index contributed by atoms with van der Waals surface area (Å²) in [6.07, 6.45) is 0.122. The van der Waals surface area contributed by atoms with Crippen LogP contribution in [0.15, 0.2) is 18.2 Å². The second kappa shape index (κ2) is 5.23. The molecule has 1 heterocycles. The van der Waals surface area contributed by atoms with Crippen LogP contribution in [-0.4, -0.2) is 37.0 Å². The second-order valence-corrected chi connectivity index (χ2v) is 4.06. The van der Waals surface area contributed by atoms with Crippen LogP contribution in [-0.2, 0) is 11.2 Å². The Morgan fingerprint density at radius 2 is 1.94 bits per heavy atom. The third-order valence-electron chi connectivity index (χ3n) is 2.81. The number of amides is 1. The fourth-order valence-electron chi connectivity index (χ4n) is 1.85. The lowest BCUT2D eigenvalue weighted by molar-refractivity contribution is -0.131. The molecule has 17 heavy (non-hydrogen) atoms. The molecule has 2 rings (SSSR count). The monoisotopic (exact) mass is 240 g/mol. The number of halogens is 2. The summed E-state index contributed by atoms with van der Waals surface area (Å²) in [6, 6.07) is 3.57. The zero-order chi connectivity index (χ0) is 12.3. The van der Waals surface area contributed by atoms with Crippen molar-refractivity contribution < 1.29 is 13.6 Å². The molecule has 1 aromatic carbocycles. The van der Waals surface area contributed by atoms with Crippen LogP contribution in [0.5, 0.6) is 0 Å². The van der Waals surface area contributed by atoms with Crippen LogP contribution in [0.25, 0.3) is 0 Å². The molecule has 1 aliphatic heterocycles. The SMILES string of the molecule is O=C(Cc1ccc(F)c(F)c1)N1CCNCC1. The van der Waals surface area contributed by atoms with E-state index in [4.69, 9.17) is 0 Å². The van der Waals surface area contributed by atoms with E-state index in [1.807, 2.05) is 0 Å². The van der Waals surface area contributed by atoms with Gasteiger partial charge in [0, 0.05) is 26.2 Å². The van der Waals surface area contributed by atoms with Crippen molar-refractivity contribution in [2.24, 2.45) is 0 Å². The summed E-state index contributed by atoms with van der Waals surface area (Å²) in [4.78, 5) is 13.6. The maximum absolute atomic E-state index is 13.0. The van der Waals surface area contributed by atoms with Crippen molar-refractivity contribution in [1.82, 2.24) is 10.2 Å². The summed E-state index contributed by atoms with van der Waals surface area (Å²) in [5, 5.41) is 3.15. The van der Waals surface area contributed by atoms with E-state index in [0.29, 0.717) is 18.7 Å². The van der Waals surface area contributed by atoms with Gasteiger partial charge in [0.15, 0.2) is 11.6 Å². The molecule has 1 aromatic rings. The summed E-state index contributed by atoms with van der Waals surface area (Å²) in [5.41, 5.74) is 0.507. The van der Waals surface area contributed by atoms with Crippen LogP contribution in [0.3, 0.4) is 0 Å². The first-order valence-electron chi connectivity index (χ1n) is 5.59. The van der Waals surface area contributed by atoms with Crippen molar-refractivity contribution in [3.8, 4) is 0 Å². The first kappa shape index (κ1) is 12.0. The van der Waals surface area contributed by atoms with Gasteiger partial charge in [-0.25, -0.2) is 8.78 Å². The topological polar surface area (TPSA) is 32.3 Å². The summed E-state index contributed by atoms with van der Waals surface area (Å²) in [7, 11) is 0. The molecule has 0 saturated carbocycles. The molecule has 0 aromatic heterocycles. The van der Waals surface area contributed by atoms with Crippen LogP contribution in [0, 0.1) is 11.6 Å². The van der Waals surface area contributed by atoms with Crippen LogP contribution in [0.2, 0.25) is 0 Å². The van der Waals surface area contributed by atoms with Gasteiger partial charge in [-0.3, -0.25) is 4.79 Å². The lowest BCUT2D eigenvalue weighted by Gasteiger charge is -2.27. The fraction of sp³-hybridized carbons (Fsp3) is 0.417. The Bertz CT molecular complexity index is 417. The van der Waals surface area contributed by atoms with Crippen LogP contribution in [0.1, 0.15) is 5.56 Å². The van der Waals surface area contributed by atoms with E-state index in [0.717, 1.165) is 25.2 Å². The Kier molecular flexibility index (Phi) is 3.68. The van der Waals surface area contributed by atoms with Gasteiger partial charge in [0.25, 0.3) is 0 Å². The molecular weight excluding hydrogens is 226 g/mol. The predicted octanol–water partition coefficient (Wildman–Crippen LogP) is 0.939. The average Bonchev–Trinajstić information content (AvgIpc) is 2.35. The Balaban J connectivity index is 1.99. The zero-order valence-corrected chi connectivity index (χ0v) is 9.38. The predicted molar refractivity (Wildman–Crippen MR) is 59.5 cm³/mol. The number of hydrogen-bond donors (Lipinski definition) is 1. The summed E-state index contributed by atoms with van der Waals surface area (Å²) in [5.74, 6) is -1.84. The van der Waals surface area contributed by atoms with Gasteiger partial charge in [-0.15, -0.1) is 0 Å². The molecule has 1 amide bonds. The standard InChI is InChI=1S/C12H14F2N2O/c13-10-2-1-9(7-11(10)14)8-12(17)16-5-3-15-4-6-16/h1-2,7,15H,3-6,8H2. The third kappa shape index (κ3) is 3.00. The summed E-state index contributed by atoms with van der Waals surface area (Å²) < 4.78 is 25.7. The number of carbonyl (C=O) groups is 1. The van der Waals surface area contributed by atoms with Gasteiger partial charge in [-0.1, -0.05) is 6.07 Å². The van der Waals surface area contributed by atoms with Gasteiger partial charge < -0.3 is 10.2 Å². The van der Waals surface area contributed by atoms with E-state index in [1.165, 1.54) is 6.07 Å². The molecule has 3 nitrogen and oxygen atoms in total. The van der Waals surface area contributed by atoms with Crippen molar-refractivity contribution in [2.45, 2.75) is 6.42 Å². The quantitative estimate of drug-likeness (QED) is 0.834. The molecule has 1 aliphatic rings. The Morgan fingerprint density at radius 1 is 1.24 bits per heavy atom. The number of rotatable bonds is 2. The molecule has 92 valence electrons. The van der Waals surface area contributed by atoms with Gasteiger partial charge in [0.05, 0.1) is 6.42 Å². The number of nitrogens with one attached hydrogen (secondary N) is 1. The van der Waals surface area contributed by atoms with Crippen molar-refractivity contribution in [1.29, 1.82) is 0 Å². The van der Waals surface area contributed by atoms with E-state index < -0.39 is 11.6 Å². The Morgan fingerprint density at radius 3 is 2.59 bits per heavy atom. The van der Waals surface area contributed by atoms with E-state index in [2.05, 4.69) is 5.32 Å². The highest BCUT2D eigenvalue weighted by atomic mass is 19.2. The van der Waals surface area contributed by atoms with Gasteiger partial charge in [0.2, 0.25) is 5.91 Å². The number of nitrogens with zero attached hydrogens (tertiary/aromatic N) is 1. The van der Waals surface area contributed by atoms with Gasteiger partial charge in [-0.2, -0.15) is 0 Å². The van der Waals surface area contributed by atoms with Crippen molar-refractivity contribution in [3.63, 3.8) is 0 Å². The minimum Gasteiger partial charge on any atom is -0.340 e. The molecule has 5 heteroatoms. The molecule has 0 atom stereocenters. The van der Waals surface area contributed by atoms with E-state index in [9.17, 15) is 13.6 Å². The smallest absolute Gasteiger partial charge is 0.227 e. The van der Waals surface area contributed by atoms with Crippen molar-refractivity contribution in [3.05, 3.63) is 35.4 Å². The number of benzene rings is 1. The molecule has 0 spiro atoms. The minimum absolute atomic E-state index is 0.0440. The fourth-order valence-corrected chi connectivity index (χ4v) is 1.85. The molecule has 1 fully saturated rings. The van der Waals surface area contributed by atoms with E-state index >= 15 is 0 Å². The normalized spacial score (nSPS) is 16.0. The number of carbonyl (C=O) groups excluding carboxylic acids is 1. The van der Waals surface area contributed by atoms with E-state index in [-0.39, 0.29) is 12.3 Å². The Labute approximate surface area is 98.4 Å². The first-order chi connectivity index (χ1) is 8.16. The lowest BCUT2D eigenvalue weighted by Crippen LogP contribution is -2.46. The molecule has 0 radical (unpaired) electrons. The zero-order valence-electron chi connectivity index (χ0n) is 9.38. The van der Waals surface area contributed by atoms with Crippen molar-refractivity contribution >= 4 is 5.91 Å². The molecule has 0 unspecified atom stereocenters. The first-order valence-corrected chi connectivity index (χ1v) is 5.59. The van der Waals surface area contributed by atoms with Crippen LogP contribution in [0.4, 0.5) is 8.78 Å².